The van der Waals surface area contributed by atoms with Gasteiger partial charge in [-0.1, -0.05) is 29.3 Å². The highest BCUT2D eigenvalue weighted by Gasteiger charge is 2.36. The highest BCUT2D eigenvalue weighted by Crippen LogP contribution is 2.36. The number of ketones is 1. The van der Waals surface area contributed by atoms with Gasteiger partial charge in [0.1, 0.15) is 0 Å². The van der Waals surface area contributed by atoms with Crippen LogP contribution >= 0.6 is 35.0 Å². The lowest BCUT2D eigenvalue weighted by Crippen LogP contribution is -2.55. The fraction of sp³-hybridized carbons (Fsp3) is 0.273. The molecule has 1 saturated heterocycles. The molecule has 1 heterocycles. The lowest BCUT2D eigenvalue weighted by atomic mass is 9.98. The van der Waals surface area contributed by atoms with Crippen molar-refractivity contribution in [3.05, 3.63) is 74.8 Å². The lowest BCUT2D eigenvalue weighted by Gasteiger charge is -2.38. The normalized spacial score (nSPS) is 15.9. The summed E-state index contributed by atoms with van der Waals surface area (Å²) in [4.78, 5) is 25.1. The first kappa shape index (κ1) is 23.7. The number of halogens is 5. The van der Waals surface area contributed by atoms with Crippen LogP contribution in [0.5, 0.6) is 0 Å². The molecule has 3 nitrogen and oxygen atoms in total. The van der Waals surface area contributed by atoms with Crippen molar-refractivity contribution >= 4 is 52.2 Å². The highest BCUT2D eigenvalue weighted by molar-refractivity contribution is 8.00. The fourth-order valence-electron chi connectivity index (χ4n) is 3.15. The number of amides is 1. The zero-order valence-corrected chi connectivity index (χ0v) is 18.9. The molecule has 1 aliphatic heterocycles. The Kier molecular flexibility index (Phi) is 6.79. The summed E-state index contributed by atoms with van der Waals surface area (Å²) in [6.07, 6.45) is -4.28. The predicted molar refractivity (Wildman–Crippen MR) is 119 cm³/mol. The number of nitrogens with one attached hydrogen (secondary N) is 1. The number of alkyl halides is 3. The lowest BCUT2D eigenvalue weighted by molar-refractivity contribution is -0.0689. The Morgan fingerprint density at radius 1 is 1.06 bits per heavy atom. The van der Waals surface area contributed by atoms with E-state index in [1.54, 1.807) is 18.7 Å². The molecule has 0 bridgehead atoms. The molecule has 0 radical (unpaired) electrons. The Morgan fingerprint density at radius 3 is 2.16 bits per heavy atom. The van der Waals surface area contributed by atoms with Gasteiger partial charge in [-0.25, -0.2) is 0 Å². The van der Waals surface area contributed by atoms with Gasteiger partial charge in [0.25, 0.3) is 5.91 Å². The molecule has 3 rings (SSSR count). The highest BCUT2D eigenvalue weighted by atomic mass is 35.5. The van der Waals surface area contributed by atoms with Gasteiger partial charge in [-0.15, -0.1) is 0 Å². The molecule has 0 aromatic heterocycles. The molecule has 1 N–H and O–H groups in total. The van der Waals surface area contributed by atoms with E-state index in [2.05, 4.69) is 5.32 Å². The molecule has 0 saturated carbocycles. The van der Waals surface area contributed by atoms with Gasteiger partial charge >= 0.3 is 6.18 Å². The number of benzene rings is 2. The van der Waals surface area contributed by atoms with E-state index < -0.39 is 17.5 Å². The standard InChI is InChI=1S/C22H18Cl2F3NO2S/c1-12-5-13(3-4-17(12)20(30)28-21(2)10-31-11-21)19(29)9-18(22(25,26)27)14-6-15(23)8-16(24)7-14/h3-9H,10-11H2,1-2H3,(H,28,30). The maximum Gasteiger partial charge on any atom is 0.417 e. The molecular weight excluding hydrogens is 470 g/mol. The molecule has 0 unspecified atom stereocenters. The minimum Gasteiger partial charge on any atom is -0.345 e. The van der Waals surface area contributed by atoms with Gasteiger partial charge in [0.05, 0.1) is 11.1 Å². The summed E-state index contributed by atoms with van der Waals surface area (Å²) in [6, 6.07) is 7.70. The third-order valence-electron chi connectivity index (χ3n) is 4.77. The molecule has 1 fully saturated rings. The van der Waals surface area contributed by atoms with Gasteiger partial charge in [0.15, 0.2) is 5.78 Å². The van der Waals surface area contributed by atoms with Crippen LogP contribution in [0.25, 0.3) is 5.57 Å². The molecule has 31 heavy (non-hydrogen) atoms. The molecular formula is C22H18Cl2F3NO2S. The van der Waals surface area contributed by atoms with Gasteiger partial charge in [-0.05, 0) is 61.4 Å². The van der Waals surface area contributed by atoms with Crippen molar-refractivity contribution in [3.63, 3.8) is 0 Å². The van der Waals surface area contributed by atoms with E-state index in [9.17, 15) is 22.8 Å². The molecule has 0 atom stereocenters. The van der Waals surface area contributed by atoms with E-state index in [0.29, 0.717) is 17.2 Å². The molecule has 9 heteroatoms. The molecule has 0 spiro atoms. The molecule has 164 valence electrons. The van der Waals surface area contributed by atoms with Crippen LogP contribution in [0.2, 0.25) is 10.0 Å². The monoisotopic (exact) mass is 487 g/mol. The second-order valence-corrected chi connectivity index (χ2v) is 9.47. The average molecular weight is 488 g/mol. The molecule has 1 amide bonds. The Hall–Kier alpha value is -1.96. The van der Waals surface area contributed by atoms with Gasteiger partial charge < -0.3 is 5.32 Å². The topological polar surface area (TPSA) is 46.2 Å². The number of aryl methyl sites for hydroxylation is 1. The van der Waals surface area contributed by atoms with E-state index in [-0.39, 0.29) is 32.6 Å². The van der Waals surface area contributed by atoms with Crippen molar-refractivity contribution in [2.24, 2.45) is 0 Å². The molecule has 2 aromatic carbocycles. The van der Waals surface area contributed by atoms with E-state index >= 15 is 0 Å². The van der Waals surface area contributed by atoms with E-state index in [1.807, 2.05) is 6.92 Å². The van der Waals surface area contributed by atoms with Gasteiger partial charge in [-0.3, -0.25) is 9.59 Å². The van der Waals surface area contributed by atoms with Crippen LogP contribution in [-0.4, -0.2) is 34.9 Å². The molecule has 2 aromatic rings. The first-order valence-corrected chi connectivity index (χ1v) is 11.1. The Bertz CT molecular complexity index is 1060. The van der Waals surface area contributed by atoms with Crippen LogP contribution in [0.1, 0.15) is 38.8 Å². The first-order valence-electron chi connectivity index (χ1n) is 9.19. The van der Waals surface area contributed by atoms with Crippen molar-refractivity contribution < 1.29 is 22.8 Å². The number of hydrogen-bond acceptors (Lipinski definition) is 3. The maximum atomic E-state index is 13.6. The van der Waals surface area contributed by atoms with Crippen LogP contribution < -0.4 is 5.32 Å². The fourth-order valence-corrected chi connectivity index (χ4v) is 4.63. The minimum atomic E-state index is -4.80. The Labute approximate surface area is 192 Å². The third kappa shape index (κ3) is 5.64. The Balaban J connectivity index is 1.90. The van der Waals surface area contributed by atoms with Crippen molar-refractivity contribution in [2.45, 2.75) is 25.6 Å². The van der Waals surface area contributed by atoms with Gasteiger partial charge in [0, 0.05) is 32.7 Å². The van der Waals surface area contributed by atoms with Crippen LogP contribution in [0.15, 0.2) is 42.5 Å². The summed E-state index contributed by atoms with van der Waals surface area (Å²) in [5, 5.41) is 3.00. The zero-order valence-electron chi connectivity index (χ0n) is 16.6. The summed E-state index contributed by atoms with van der Waals surface area (Å²) < 4.78 is 40.9. The minimum absolute atomic E-state index is 0.0230. The van der Waals surface area contributed by atoms with Crippen molar-refractivity contribution in [2.75, 3.05) is 11.5 Å². The molecule has 0 aliphatic carbocycles. The number of carbonyl (C=O) groups is 2. The Morgan fingerprint density at radius 2 is 1.68 bits per heavy atom. The van der Waals surface area contributed by atoms with Crippen LogP contribution in [0.4, 0.5) is 13.2 Å². The van der Waals surface area contributed by atoms with Crippen molar-refractivity contribution in [1.82, 2.24) is 5.32 Å². The second kappa shape index (κ2) is 8.88. The van der Waals surface area contributed by atoms with Crippen LogP contribution in [-0.2, 0) is 0 Å². The first-order chi connectivity index (χ1) is 14.4. The average Bonchev–Trinajstić information content (AvgIpc) is 2.62. The number of hydrogen-bond donors (Lipinski definition) is 1. The smallest absolute Gasteiger partial charge is 0.345 e. The van der Waals surface area contributed by atoms with E-state index in [1.165, 1.54) is 24.3 Å². The van der Waals surface area contributed by atoms with Crippen molar-refractivity contribution in [1.29, 1.82) is 0 Å². The number of carbonyl (C=O) groups excluding carboxylic acids is 2. The maximum absolute atomic E-state index is 13.6. The van der Waals surface area contributed by atoms with Gasteiger partial charge in [0.2, 0.25) is 0 Å². The predicted octanol–water partition coefficient (Wildman–Crippen LogP) is 6.37. The summed E-state index contributed by atoms with van der Waals surface area (Å²) in [7, 11) is 0. The summed E-state index contributed by atoms with van der Waals surface area (Å²) in [5.41, 5.74) is -0.836. The van der Waals surface area contributed by atoms with Crippen molar-refractivity contribution in [3.8, 4) is 0 Å². The zero-order chi connectivity index (χ0) is 23.0. The molecule has 1 aliphatic rings. The van der Waals surface area contributed by atoms with E-state index in [0.717, 1.165) is 23.6 Å². The van der Waals surface area contributed by atoms with Crippen LogP contribution in [0, 0.1) is 6.92 Å². The quantitative estimate of drug-likeness (QED) is 0.393. The van der Waals surface area contributed by atoms with E-state index in [4.69, 9.17) is 23.2 Å². The number of rotatable bonds is 5. The van der Waals surface area contributed by atoms with Crippen LogP contribution in [0.3, 0.4) is 0 Å². The third-order valence-corrected chi connectivity index (χ3v) is 6.89. The summed E-state index contributed by atoms with van der Waals surface area (Å²) >= 11 is 13.4. The van der Waals surface area contributed by atoms with Gasteiger partial charge in [-0.2, -0.15) is 24.9 Å². The largest absolute Gasteiger partial charge is 0.417 e. The number of thioether (sulfide) groups is 1. The second-order valence-electron chi connectivity index (χ2n) is 7.62. The summed E-state index contributed by atoms with van der Waals surface area (Å²) in [5.74, 6) is 0.500. The summed E-state index contributed by atoms with van der Waals surface area (Å²) in [6.45, 7) is 3.58. The number of allylic oxidation sites excluding steroid dienone is 2. The SMILES string of the molecule is Cc1cc(C(=O)C=C(c2cc(Cl)cc(Cl)c2)C(F)(F)F)ccc1C(=O)NC1(C)CSC1.